The summed E-state index contributed by atoms with van der Waals surface area (Å²) in [6.45, 7) is 6.85. The van der Waals surface area contributed by atoms with E-state index in [0.717, 1.165) is 54.5 Å². The predicted molar refractivity (Wildman–Crippen MR) is 98.4 cm³/mol. The number of amides is 1. The normalized spacial score (nSPS) is 14.9. The van der Waals surface area contributed by atoms with Crippen LogP contribution in [-0.2, 0) is 12.3 Å². The molecule has 1 aromatic carbocycles. The van der Waals surface area contributed by atoms with Crippen LogP contribution < -0.4 is 0 Å². The Morgan fingerprint density at radius 2 is 2.04 bits per heavy atom. The van der Waals surface area contributed by atoms with Crippen LogP contribution in [0.4, 0.5) is 0 Å². The summed E-state index contributed by atoms with van der Waals surface area (Å²) in [5.41, 5.74) is 1.90. The fourth-order valence-corrected chi connectivity index (χ4v) is 3.81. The topological polar surface area (TPSA) is 63.9 Å². The van der Waals surface area contributed by atoms with E-state index in [1.165, 1.54) is 6.42 Å². The third-order valence-corrected chi connectivity index (χ3v) is 5.25. The zero-order valence-electron chi connectivity index (χ0n) is 14.9. The molecule has 134 valence electrons. The standard InChI is InChI=1S/C18H25N5OS/c1-14(2)12-23-18(19-20-21-23)25-13-15-7-6-8-16(11-15)17(24)22-9-4-3-5-10-22/h6-8,11,14H,3-5,9-10,12-13H2,1-2H3. The summed E-state index contributed by atoms with van der Waals surface area (Å²) in [5, 5.41) is 12.8. The number of piperidine rings is 1. The van der Waals surface area contributed by atoms with Crippen molar-refractivity contribution >= 4 is 17.7 Å². The van der Waals surface area contributed by atoms with E-state index < -0.39 is 0 Å². The molecule has 3 rings (SSSR count). The molecule has 0 unspecified atom stereocenters. The Balaban J connectivity index is 1.64. The van der Waals surface area contributed by atoms with Gasteiger partial charge >= 0.3 is 0 Å². The maximum absolute atomic E-state index is 12.6. The average molecular weight is 359 g/mol. The second-order valence-electron chi connectivity index (χ2n) is 6.88. The molecule has 7 heteroatoms. The van der Waals surface area contributed by atoms with Gasteiger partial charge in [0.25, 0.3) is 5.91 Å². The molecule has 6 nitrogen and oxygen atoms in total. The molecule has 1 fully saturated rings. The number of hydrogen-bond acceptors (Lipinski definition) is 5. The number of carbonyl (C=O) groups excluding carboxylic acids is 1. The quantitative estimate of drug-likeness (QED) is 0.741. The lowest BCUT2D eigenvalue weighted by Gasteiger charge is -2.26. The Morgan fingerprint density at radius 3 is 2.80 bits per heavy atom. The van der Waals surface area contributed by atoms with Gasteiger partial charge in [0.2, 0.25) is 5.16 Å². The molecule has 0 N–H and O–H groups in total. The largest absolute Gasteiger partial charge is 0.339 e. The SMILES string of the molecule is CC(C)Cn1nnnc1SCc1cccc(C(=O)N2CCCCC2)c1. The second-order valence-corrected chi connectivity index (χ2v) is 7.82. The molecule has 0 atom stereocenters. The van der Waals surface area contributed by atoms with E-state index in [1.54, 1.807) is 11.8 Å². The van der Waals surface area contributed by atoms with E-state index in [0.29, 0.717) is 5.92 Å². The summed E-state index contributed by atoms with van der Waals surface area (Å²) in [4.78, 5) is 14.6. The molecular weight excluding hydrogens is 334 g/mol. The third-order valence-electron chi connectivity index (χ3n) is 4.22. The summed E-state index contributed by atoms with van der Waals surface area (Å²) < 4.78 is 1.85. The molecule has 1 aromatic heterocycles. The van der Waals surface area contributed by atoms with E-state index in [1.807, 2.05) is 27.8 Å². The highest BCUT2D eigenvalue weighted by atomic mass is 32.2. The minimum atomic E-state index is 0.149. The third kappa shape index (κ3) is 4.81. The van der Waals surface area contributed by atoms with Crippen molar-refractivity contribution in [1.29, 1.82) is 0 Å². The monoisotopic (exact) mass is 359 g/mol. The fourth-order valence-electron chi connectivity index (χ4n) is 2.98. The molecule has 2 heterocycles. The van der Waals surface area contributed by atoms with Gasteiger partial charge in [-0.25, -0.2) is 4.68 Å². The van der Waals surface area contributed by atoms with Crippen LogP contribution in [0, 0.1) is 5.92 Å². The van der Waals surface area contributed by atoms with Crippen molar-refractivity contribution in [2.24, 2.45) is 5.92 Å². The Morgan fingerprint density at radius 1 is 1.24 bits per heavy atom. The minimum Gasteiger partial charge on any atom is -0.339 e. The number of hydrogen-bond donors (Lipinski definition) is 0. The van der Waals surface area contributed by atoms with Gasteiger partial charge in [-0.05, 0) is 53.3 Å². The van der Waals surface area contributed by atoms with Gasteiger partial charge in [0.1, 0.15) is 0 Å². The van der Waals surface area contributed by atoms with Crippen molar-refractivity contribution in [3.05, 3.63) is 35.4 Å². The van der Waals surface area contributed by atoms with E-state index in [-0.39, 0.29) is 5.91 Å². The van der Waals surface area contributed by atoms with Gasteiger partial charge in [0.05, 0.1) is 0 Å². The van der Waals surface area contributed by atoms with Crippen LogP contribution in [0.3, 0.4) is 0 Å². The molecule has 0 spiro atoms. The van der Waals surface area contributed by atoms with Crippen LogP contribution >= 0.6 is 11.8 Å². The molecule has 0 radical (unpaired) electrons. The first kappa shape index (κ1) is 17.9. The van der Waals surface area contributed by atoms with Crippen LogP contribution in [-0.4, -0.2) is 44.1 Å². The number of rotatable bonds is 6. The molecule has 25 heavy (non-hydrogen) atoms. The summed E-state index contributed by atoms with van der Waals surface area (Å²) >= 11 is 1.61. The van der Waals surface area contributed by atoms with Crippen LogP contribution in [0.25, 0.3) is 0 Å². The van der Waals surface area contributed by atoms with Gasteiger partial charge in [0, 0.05) is 31.0 Å². The van der Waals surface area contributed by atoms with Crippen LogP contribution in [0.2, 0.25) is 0 Å². The Bertz CT molecular complexity index is 709. The first-order chi connectivity index (χ1) is 12.1. The number of carbonyl (C=O) groups is 1. The molecule has 0 aliphatic carbocycles. The molecule has 2 aromatic rings. The molecule has 1 saturated heterocycles. The molecular formula is C18H25N5OS. The number of tetrazole rings is 1. The molecule has 1 aliphatic rings. The molecule has 0 bridgehead atoms. The lowest BCUT2D eigenvalue weighted by atomic mass is 10.1. The summed E-state index contributed by atoms with van der Waals surface area (Å²) in [6, 6.07) is 7.93. The lowest BCUT2D eigenvalue weighted by Crippen LogP contribution is -2.35. The summed E-state index contributed by atoms with van der Waals surface area (Å²) in [6.07, 6.45) is 3.45. The zero-order valence-corrected chi connectivity index (χ0v) is 15.7. The van der Waals surface area contributed by atoms with E-state index in [9.17, 15) is 4.79 Å². The second kappa shape index (κ2) is 8.47. The minimum absolute atomic E-state index is 0.149. The summed E-state index contributed by atoms with van der Waals surface area (Å²) in [5.74, 6) is 1.39. The van der Waals surface area contributed by atoms with Gasteiger partial charge in [0.15, 0.2) is 0 Å². The van der Waals surface area contributed by atoms with Gasteiger partial charge in [-0.1, -0.05) is 37.7 Å². The van der Waals surface area contributed by atoms with Crippen molar-refractivity contribution in [3.63, 3.8) is 0 Å². The zero-order chi connectivity index (χ0) is 17.6. The van der Waals surface area contributed by atoms with Crippen molar-refractivity contribution in [3.8, 4) is 0 Å². The highest BCUT2D eigenvalue weighted by molar-refractivity contribution is 7.98. The Kier molecular flexibility index (Phi) is 6.07. The summed E-state index contributed by atoms with van der Waals surface area (Å²) in [7, 11) is 0. The number of thioether (sulfide) groups is 1. The van der Waals surface area contributed by atoms with Crippen molar-refractivity contribution < 1.29 is 4.79 Å². The maximum Gasteiger partial charge on any atom is 0.253 e. The number of benzene rings is 1. The Labute approximate surface area is 153 Å². The van der Waals surface area contributed by atoms with Crippen LogP contribution in [0.15, 0.2) is 29.4 Å². The molecule has 1 amide bonds. The first-order valence-electron chi connectivity index (χ1n) is 8.90. The van der Waals surface area contributed by atoms with Gasteiger partial charge in [-0.2, -0.15) is 0 Å². The van der Waals surface area contributed by atoms with Gasteiger partial charge in [-0.15, -0.1) is 5.10 Å². The smallest absolute Gasteiger partial charge is 0.253 e. The number of likely N-dealkylation sites (tertiary alicyclic amines) is 1. The number of nitrogens with zero attached hydrogens (tertiary/aromatic N) is 5. The van der Waals surface area contributed by atoms with Crippen molar-refractivity contribution in [1.82, 2.24) is 25.1 Å². The average Bonchev–Trinajstić information content (AvgIpc) is 3.06. The van der Waals surface area contributed by atoms with Gasteiger partial charge < -0.3 is 4.90 Å². The van der Waals surface area contributed by atoms with Crippen LogP contribution in [0.5, 0.6) is 0 Å². The lowest BCUT2D eigenvalue weighted by molar-refractivity contribution is 0.0724. The van der Waals surface area contributed by atoms with Crippen LogP contribution in [0.1, 0.15) is 49.0 Å². The Hall–Kier alpha value is -1.89. The predicted octanol–water partition coefficient (Wildman–Crippen LogP) is 3.25. The molecule has 0 saturated carbocycles. The fraction of sp³-hybridized carbons (Fsp3) is 0.556. The van der Waals surface area contributed by atoms with Crippen molar-refractivity contribution in [2.75, 3.05) is 13.1 Å². The van der Waals surface area contributed by atoms with Crippen molar-refractivity contribution in [2.45, 2.75) is 50.6 Å². The van der Waals surface area contributed by atoms with Gasteiger partial charge in [-0.3, -0.25) is 4.79 Å². The maximum atomic E-state index is 12.6. The highest BCUT2D eigenvalue weighted by Crippen LogP contribution is 2.22. The van der Waals surface area contributed by atoms with E-state index in [4.69, 9.17) is 0 Å². The van der Waals surface area contributed by atoms with E-state index >= 15 is 0 Å². The van der Waals surface area contributed by atoms with E-state index in [2.05, 4.69) is 35.4 Å². The molecule has 1 aliphatic heterocycles. The highest BCUT2D eigenvalue weighted by Gasteiger charge is 2.18. The first-order valence-corrected chi connectivity index (χ1v) is 9.89. The number of aromatic nitrogens is 4.